The molecule has 0 saturated heterocycles. The number of nitrogens with two attached hydrogens (primary N) is 1. The van der Waals surface area contributed by atoms with Gasteiger partial charge in [0.25, 0.3) is 5.91 Å². The zero-order valence-electron chi connectivity index (χ0n) is 9.83. The van der Waals surface area contributed by atoms with Crippen LogP contribution in [0.5, 0.6) is 0 Å². The van der Waals surface area contributed by atoms with E-state index in [2.05, 4.69) is 31.5 Å². The number of nitrogen functional groups attached to an aromatic ring is 1. The van der Waals surface area contributed by atoms with Crippen LogP contribution in [0.15, 0.2) is 22.7 Å². The first-order valence-electron chi connectivity index (χ1n) is 5.21. The minimum atomic E-state index is -0.320. The first kappa shape index (κ1) is 14.1. The monoisotopic (exact) mass is 360 g/mol. The predicted octanol–water partition coefficient (Wildman–Crippen LogP) is 3.44. The van der Waals surface area contributed by atoms with Crippen molar-refractivity contribution >= 4 is 61.4 Å². The minimum absolute atomic E-state index is 0.199. The van der Waals surface area contributed by atoms with Crippen LogP contribution in [-0.2, 0) is 0 Å². The molecule has 8 heteroatoms. The number of hydrogen-bond donors (Lipinski definition) is 3. The Kier molecular flexibility index (Phi) is 4.28. The molecule has 5 nitrogen and oxygen atoms in total. The number of carbonyl (C=O) groups excluding carboxylic acids is 1. The highest BCUT2D eigenvalue weighted by Gasteiger charge is 2.16. The van der Waals surface area contributed by atoms with Crippen LogP contribution in [0.1, 0.15) is 9.67 Å². The molecule has 19 heavy (non-hydrogen) atoms. The summed E-state index contributed by atoms with van der Waals surface area (Å²) in [6.45, 7) is 0. The van der Waals surface area contributed by atoms with Crippen molar-refractivity contribution < 1.29 is 4.79 Å². The Bertz CT molecular complexity index is 631. The van der Waals surface area contributed by atoms with Crippen molar-refractivity contribution in [2.24, 2.45) is 0 Å². The molecule has 4 N–H and O–H groups in total. The summed E-state index contributed by atoms with van der Waals surface area (Å²) in [4.78, 5) is 16.5. The summed E-state index contributed by atoms with van der Waals surface area (Å²) in [6.07, 6.45) is 0. The third kappa shape index (κ3) is 3.17. The molecule has 0 radical (unpaired) electrons. The number of carbonyl (C=O) groups is 1. The third-order valence-corrected chi connectivity index (χ3v) is 4.26. The largest absolute Gasteiger partial charge is 0.382 e. The third-order valence-electron chi connectivity index (χ3n) is 2.25. The van der Waals surface area contributed by atoms with Crippen LogP contribution in [0.3, 0.4) is 0 Å². The summed E-state index contributed by atoms with van der Waals surface area (Å²) in [6, 6.07) is 5.13. The van der Waals surface area contributed by atoms with Gasteiger partial charge in [0.2, 0.25) is 0 Å². The lowest BCUT2D eigenvalue weighted by molar-refractivity contribution is 0.103. The minimum Gasteiger partial charge on any atom is -0.382 e. The van der Waals surface area contributed by atoms with Gasteiger partial charge in [-0.1, -0.05) is 22.9 Å². The molecule has 0 atom stereocenters. The van der Waals surface area contributed by atoms with E-state index in [9.17, 15) is 4.79 Å². The van der Waals surface area contributed by atoms with Crippen molar-refractivity contribution in [1.82, 2.24) is 4.98 Å². The lowest BCUT2D eigenvalue weighted by atomic mass is 10.3. The van der Waals surface area contributed by atoms with Crippen LogP contribution >= 0.6 is 38.9 Å². The molecule has 0 aliphatic rings. The number of halogens is 2. The number of anilines is 3. The molecular formula is C11H10BrClN4OS. The first-order chi connectivity index (χ1) is 9.01. The van der Waals surface area contributed by atoms with Crippen LogP contribution in [0.4, 0.5) is 16.6 Å². The van der Waals surface area contributed by atoms with Crippen molar-refractivity contribution in [3.8, 4) is 0 Å². The van der Waals surface area contributed by atoms with E-state index in [1.54, 1.807) is 25.2 Å². The maximum Gasteiger partial charge on any atom is 0.269 e. The summed E-state index contributed by atoms with van der Waals surface area (Å²) < 4.78 is 0.738. The summed E-state index contributed by atoms with van der Waals surface area (Å²) in [5, 5.41) is 6.71. The van der Waals surface area contributed by atoms with Crippen LogP contribution in [0.2, 0.25) is 5.02 Å². The number of benzene rings is 1. The second kappa shape index (κ2) is 5.77. The van der Waals surface area contributed by atoms with Gasteiger partial charge in [-0.2, -0.15) is 0 Å². The fourth-order valence-corrected chi connectivity index (χ4v) is 2.63. The smallest absolute Gasteiger partial charge is 0.269 e. The molecule has 0 aliphatic carbocycles. The number of aromatic nitrogens is 1. The summed E-state index contributed by atoms with van der Waals surface area (Å²) in [5.41, 5.74) is 6.28. The Morgan fingerprint density at radius 1 is 1.53 bits per heavy atom. The molecule has 1 aromatic heterocycles. The van der Waals surface area contributed by atoms with Crippen molar-refractivity contribution in [1.29, 1.82) is 0 Å². The maximum absolute atomic E-state index is 12.1. The molecule has 2 aromatic rings. The van der Waals surface area contributed by atoms with Gasteiger partial charge in [-0.25, -0.2) is 4.98 Å². The van der Waals surface area contributed by atoms with E-state index in [1.165, 1.54) is 11.3 Å². The molecule has 1 aromatic carbocycles. The molecule has 0 unspecified atom stereocenters. The van der Waals surface area contributed by atoms with Crippen LogP contribution < -0.4 is 16.4 Å². The number of rotatable bonds is 3. The van der Waals surface area contributed by atoms with Crippen molar-refractivity contribution in [3.05, 3.63) is 32.6 Å². The topological polar surface area (TPSA) is 80.0 Å². The molecule has 1 heterocycles. The molecule has 0 aliphatic heterocycles. The van der Waals surface area contributed by atoms with Gasteiger partial charge in [-0.3, -0.25) is 4.79 Å². The van der Waals surface area contributed by atoms with E-state index in [0.717, 1.165) is 4.47 Å². The zero-order valence-corrected chi connectivity index (χ0v) is 13.0. The Balaban J connectivity index is 2.25. The number of nitrogens with one attached hydrogen (secondary N) is 2. The summed E-state index contributed by atoms with van der Waals surface area (Å²) in [5.74, 6) is -0.121. The van der Waals surface area contributed by atoms with E-state index in [1.807, 2.05) is 0 Å². The lowest BCUT2D eigenvalue weighted by Gasteiger charge is -2.06. The quantitative estimate of drug-likeness (QED) is 0.782. The van der Waals surface area contributed by atoms with Gasteiger partial charge in [-0.15, -0.1) is 0 Å². The molecule has 0 fully saturated rings. The molecule has 0 saturated carbocycles. The highest BCUT2D eigenvalue weighted by molar-refractivity contribution is 9.10. The Labute approximate surface area is 127 Å². The van der Waals surface area contributed by atoms with Crippen LogP contribution in [-0.4, -0.2) is 17.9 Å². The average molecular weight is 362 g/mol. The number of hydrogen-bond acceptors (Lipinski definition) is 5. The van der Waals surface area contributed by atoms with Crippen molar-refractivity contribution in [2.45, 2.75) is 0 Å². The van der Waals surface area contributed by atoms with E-state index in [-0.39, 0.29) is 11.7 Å². The fourth-order valence-electron chi connectivity index (χ4n) is 1.37. The van der Waals surface area contributed by atoms with Gasteiger partial charge in [0.15, 0.2) is 5.13 Å². The molecule has 100 valence electrons. The molecule has 0 spiro atoms. The Hall–Kier alpha value is -1.31. The number of thiazole rings is 1. The number of amides is 1. The lowest BCUT2D eigenvalue weighted by Crippen LogP contribution is -2.12. The summed E-state index contributed by atoms with van der Waals surface area (Å²) >= 11 is 10.4. The highest BCUT2D eigenvalue weighted by atomic mass is 79.9. The molecule has 2 rings (SSSR count). The van der Waals surface area contributed by atoms with Gasteiger partial charge in [0.1, 0.15) is 10.7 Å². The van der Waals surface area contributed by atoms with Gasteiger partial charge in [0, 0.05) is 16.5 Å². The van der Waals surface area contributed by atoms with Gasteiger partial charge < -0.3 is 16.4 Å². The van der Waals surface area contributed by atoms with E-state index < -0.39 is 0 Å². The number of nitrogens with zero attached hydrogens (tertiary/aromatic N) is 1. The van der Waals surface area contributed by atoms with Crippen molar-refractivity contribution in [2.75, 3.05) is 23.4 Å². The van der Waals surface area contributed by atoms with E-state index >= 15 is 0 Å². The van der Waals surface area contributed by atoms with E-state index in [0.29, 0.717) is 20.7 Å². The van der Waals surface area contributed by atoms with E-state index in [4.69, 9.17) is 17.3 Å². The van der Waals surface area contributed by atoms with Crippen molar-refractivity contribution in [3.63, 3.8) is 0 Å². The summed E-state index contributed by atoms with van der Waals surface area (Å²) in [7, 11) is 1.72. The Morgan fingerprint density at radius 2 is 2.26 bits per heavy atom. The molecule has 0 bridgehead atoms. The SMILES string of the molecule is CNc1nc(N)c(C(=O)Nc2cc(Cl)ccc2Br)s1. The normalized spacial score (nSPS) is 10.3. The zero-order chi connectivity index (χ0) is 14.0. The predicted molar refractivity (Wildman–Crippen MR) is 83.2 cm³/mol. The van der Waals surface area contributed by atoms with Gasteiger partial charge in [0.05, 0.1) is 5.69 Å². The Morgan fingerprint density at radius 3 is 2.89 bits per heavy atom. The average Bonchev–Trinajstić information content (AvgIpc) is 2.75. The van der Waals surface area contributed by atoms with Crippen LogP contribution in [0.25, 0.3) is 0 Å². The van der Waals surface area contributed by atoms with Gasteiger partial charge in [-0.05, 0) is 34.1 Å². The second-order valence-electron chi connectivity index (χ2n) is 3.56. The molecular weight excluding hydrogens is 352 g/mol. The standard InChI is InChI=1S/C11H10BrClN4OS/c1-15-11-17-9(14)8(19-11)10(18)16-7-4-5(13)2-3-6(7)12/h2-4H,14H2,1H3,(H,15,17)(H,16,18). The van der Waals surface area contributed by atoms with Gasteiger partial charge >= 0.3 is 0 Å². The first-order valence-corrected chi connectivity index (χ1v) is 7.20. The molecule has 1 amide bonds. The highest BCUT2D eigenvalue weighted by Crippen LogP contribution is 2.29. The second-order valence-corrected chi connectivity index (χ2v) is 5.85. The maximum atomic E-state index is 12.1. The fraction of sp³-hybridized carbons (Fsp3) is 0.0909. The van der Waals surface area contributed by atoms with Crippen LogP contribution in [0, 0.1) is 0 Å².